The summed E-state index contributed by atoms with van der Waals surface area (Å²) in [4.78, 5) is 27.7. The summed E-state index contributed by atoms with van der Waals surface area (Å²) < 4.78 is 5.38. The first kappa shape index (κ1) is 24.0. The van der Waals surface area contributed by atoms with E-state index in [1.54, 1.807) is 11.3 Å². The van der Waals surface area contributed by atoms with Gasteiger partial charge in [-0.3, -0.25) is 4.79 Å². The number of amides is 1. The van der Waals surface area contributed by atoms with Crippen LogP contribution >= 0.6 is 11.3 Å². The highest BCUT2D eigenvalue weighted by Crippen LogP contribution is 2.63. The summed E-state index contributed by atoms with van der Waals surface area (Å²) in [7, 11) is 0. The van der Waals surface area contributed by atoms with Crippen molar-refractivity contribution in [1.82, 2.24) is 0 Å². The SMILES string of the molecule is CCOC(=O)c1c(NC(=O)c2ccc3c(c2)[C@@H]2[C@H]4CC[C@@H](C4)[C@@H]2[C@H](c2ccccc2)N3)sc2c1CCCC2. The van der Waals surface area contributed by atoms with Gasteiger partial charge in [0.15, 0.2) is 0 Å². The Morgan fingerprint density at radius 3 is 2.71 bits per heavy atom. The fraction of sp³-hybridized carbons (Fsp3) is 0.438. The number of carbonyl (C=O) groups is 2. The molecule has 0 saturated heterocycles. The summed E-state index contributed by atoms with van der Waals surface area (Å²) in [5.74, 6) is 1.98. The standard InChI is InChI=1S/C32H34N2O3S/c1-2-37-32(36)28-22-10-6-7-11-25(22)38-31(28)34-30(35)21-14-15-24-23(17-21)26-19-12-13-20(16-19)27(26)29(33-24)18-8-4-3-5-9-18/h3-5,8-9,14-15,17,19-20,26-27,29,33H,2,6-7,10-13,16H2,1H3,(H,34,35)/t19-,20-,26-,27-,29-/m0/s1. The van der Waals surface area contributed by atoms with Gasteiger partial charge in [-0.15, -0.1) is 11.3 Å². The number of nitrogens with one attached hydrogen (secondary N) is 2. The minimum absolute atomic E-state index is 0.151. The lowest BCUT2D eigenvalue weighted by Crippen LogP contribution is -2.35. The Morgan fingerprint density at radius 2 is 1.87 bits per heavy atom. The second kappa shape index (κ2) is 9.57. The zero-order valence-corrected chi connectivity index (χ0v) is 22.6. The van der Waals surface area contributed by atoms with E-state index in [-0.39, 0.29) is 11.9 Å². The zero-order valence-electron chi connectivity index (χ0n) is 21.8. The Hall–Kier alpha value is -3.12. The van der Waals surface area contributed by atoms with Crippen molar-refractivity contribution in [2.75, 3.05) is 17.2 Å². The molecule has 3 aromatic rings. The van der Waals surface area contributed by atoms with Crippen LogP contribution in [0.4, 0.5) is 10.7 Å². The number of esters is 1. The summed E-state index contributed by atoms with van der Waals surface area (Å²) >= 11 is 1.55. The van der Waals surface area contributed by atoms with E-state index in [2.05, 4.69) is 53.1 Å². The lowest BCUT2D eigenvalue weighted by atomic mass is 9.68. The van der Waals surface area contributed by atoms with E-state index >= 15 is 0 Å². The predicted octanol–water partition coefficient (Wildman–Crippen LogP) is 7.35. The average molecular weight is 527 g/mol. The molecule has 2 heterocycles. The Labute approximate surface area is 228 Å². The zero-order chi connectivity index (χ0) is 25.8. The average Bonchev–Trinajstić information content (AvgIpc) is 3.66. The van der Waals surface area contributed by atoms with Gasteiger partial charge >= 0.3 is 5.97 Å². The molecule has 5 atom stereocenters. The highest BCUT2D eigenvalue weighted by molar-refractivity contribution is 7.17. The first-order valence-electron chi connectivity index (χ1n) is 14.2. The molecule has 2 aromatic carbocycles. The highest BCUT2D eigenvalue weighted by atomic mass is 32.1. The van der Waals surface area contributed by atoms with Crippen LogP contribution in [0.1, 0.15) is 93.3 Å². The minimum Gasteiger partial charge on any atom is -0.462 e. The summed E-state index contributed by atoms with van der Waals surface area (Å²) in [5.41, 5.74) is 6.10. The molecule has 3 aliphatic carbocycles. The monoisotopic (exact) mass is 526 g/mol. The predicted molar refractivity (Wildman–Crippen MR) is 151 cm³/mol. The molecule has 0 unspecified atom stereocenters. The van der Waals surface area contributed by atoms with Crippen LogP contribution in [0.5, 0.6) is 0 Å². The molecular formula is C32H34N2O3S. The fourth-order valence-corrected chi connectivity index (χ4v) is 9.14. The lowest BCUT2D eigenvalue weighted by Gasteiger charge is -2.43. The van der Waals surface area contributed by atoms with Crippen LogP contribution in [0.25, 0.3) is 0 Å². The second-order valence-corrected chi connectivity index (χ2v) is 12.5. The van der Waals surface area contributed by atoms with Crippen LogP contribution in [0.2, 0.25) is 0 Å². The fourth-order valence-electron chi connectivity index (χ4n) is 7.87. The van der Waals surface area contributed by atoms with Crippen LogP contribution < -0.4 is 10.6 Å². The molecule has 7 rings (SSSR count). The van der Waals surface area contributed by atoms with Gasteiger partial charge in [-0.2, -0.15) is 0 Å². The van der Waals surface area contributed by atoms with Crippen molar-refractivity contribution >= 4 is 33.9 Å². The third kappa shape index (κ3) is 3.87. The molecule has 2 bridgehead atoms. The number of benzene rings is 2. The van der Waals surface area contributed by atoms with Crippen molar-refractivity contribution in [3.05, 3.63) is 81.2 Å². The number of hydrogen-bond acceptors (Lipinski definition) is 5. The van der Waals surface area contributed by atoms with Crippen LogP contribution in [0.15, 0.2) is 48.5 Å². The van der Waals surface area contributed by atoms with Gasteiger partial charge in [0.1, 0.15) is 5.00 Å². The third-order valence-electron chi connectivity index (χ3n) is 9.39. The van der Waals surface area contributed by atoms with Crippen molar-refractivity contribution < 1.29 is 14.3 Å². The van der Waals surface area contributed by atoms with Gasteiger partial charge < -0.3 is 15.4 Å². The van der Waals surface area contributed by atoms with Crippen molar-refractivity contribution in [1.29, 1.82) is 0 Å². The number of rotatable bonds is 5. The highest BCUT2D eigenvalue weighted by Gasteiger charge is 2.53. The van der Waals surface area contributed by atoms with Gasteiger partial charge in [-0.25, -0.2) is 4.79 Å². The number of aryl methyl sites for hydroxylation is 1. The van der Waals surface area contributed by atoms with Gasteiger partial charge in [0.25, 0.3) is 5.91 Å². The Balaban J connectivity index is 1.21. The van der Waals surface area contributed by atoms with E-state index in [4.69, 9.17) is 4.74 Å². The van der Waals surface area contributed by atoms with E-state index in [9.17, 15) is 9.59 Å². The van der Waals surface area contributed by atoms with Crippen LogP contribution in [-0.2, 0) is 17.6 Å². The summed E-state index contributed by atoms with van der Waals surface area (Å²) in [6, 6.07) is 17.3. The molecule has 1 amide bonds. The summed E-state index contributed by atoms with van der Waals surface area (Å²) in [6.07, 6.45) is 7.90. The third-order valence-corrected chi connectivity index (χ3v) is 10.6. The maximum Gasteiger partial charge on any atom is 0.341 e. The number of carbonyl (C=O) groups excluding carboxylic acids is 2. The van der Waals surface area contributed by atoms with Gasteiger partial charge in [0.2, 0.25) is 0 Å². The molecule has 2 fully saturated rings. The van der Waals surface area contributed by atoms with Crippen molar-refractivity contribution in [2.45, 2.75) is 63.8 Å². The van der Waals surface area contributed by atoms with E-state index in [1.807, 2.05) is 13.0 Å². The first-order chi connectivity index (χ1) is 18.6. The Kier molecular flexibility index (Phi) is 6.03. The quantitative estimate of drug-likeness (QED) is 0.341. The number of ether oxygens (including phenoxy) is 1. The second-order valence-electron chi connectivity index (χ2n) is 11.4. The van der Waals surface area contributed by atoms with Crippen LogP contribution in [0, 0.1) is 17.8 Å². The van der Waals surface area contributed by atoms with Crippen LogP contribution in [-0.4, -0.2) is 18.5 Å². The maximum atomic E-state index is 13.6. The molecular weight excluding hydrogens is 492 g/mol. The molecule has 38 heavy (non-hydrogen) atoms. The van der Waals surface area contributed by atoms with Crippen LogP contribution in [0.3, 0.4) is 0 Å². The van der Waals surface area contributed by atoms with Crippen molar-refractivity contribution in [2.24, 2.45) is 17.8 Å². The van der Waals surface area contributed by atoms with Gasteiger partial charge in [0, 0.05) is 16.1 Å². The van der Waals surface area contributed by atoms with E-state index in [1.165, 1.54) is 35.3 Å². The Morgan fingerprint density at radius 1 is 1.05 bits per heavy atom. The molecule has 5 nitrogen and oxygen atoms in total. The molecule has 1 aromatic heterocycles. The Bertz CT molecular complexity index is 1400. The van der Waals surface area contributed by atoms with E-state index in [0.717, 1.165) is 42.9 Å². The van der Waals surface area contributed by atoms with Crippen molar-refractivity contribution in [3.8, 4) is 0 Å². The maximum absolute atomic E-state index is 13.6. The molecule has 0 spiro atoms. The molecule has 4 aliphatic rings. The topological polar surface area (TPSA) is 67.4 Å². The van der Waals surface area contributed by atoms with Crippen molar-refractivity contribution in [3.63, 3.8) is 0 Å². The summed E-state index contributed by atoms with van der Waals surface area (Å²) in [6.45, 7) is 2.14. The van der Waals surface area contributed by atoms with Gasteiger partial charge in [-0.1, -0.05) is 30.3 Å². The number of fused-ring (bicyclic) bond motifs is 8. The number of thiophene rings is 1. The minimum atomic E-state index is -0.325. The normalized spacial score (nSPS) is 26.6. The molecule has 1 aliphatic heterocycles. The smallest absolute Gasteiger partial charge is 0.341 e. The molecule has 2 saturated carbocycles. The molecule has 2 N–H and O–H groups in total. The van der Waals surface area contributed by atoms with Gasteiger partial charge in [-0.05, 0) is 110 Å². The van der Waals surface area contributed by atoms with E-state index in [0.29, 0.717) is 46.5 Å². The summed E-state index contributed by atoms with van der Waals surface area (Å²) in [5, 5.41) is 7.62. The molecule has 6 heteroatoms. The number of hydrogen-bond donors (Lipinski definition) is 2. The lowest BCUT2D eigenvalue weighted by molar-refractivity contribution is 0.0526. The molecule has 196 valence electrons. The van der Waals surface area contributed by atoms with E-state index < -0.39 is 0 Å². The largest absolute Gasteiger partial charge is 0.462 e. The molecule has 0 radical (unpaired) electrons. The number of anilines is 2. The van der Waals surface area contributed by atoms with Gasteiger partial charge in [0.05, 0.1) is 18.2 Å². The first-order valence-corrected chi connectivity index (χ1v) is 15.0.